The molecule has 1 atom stereocenters. The number of aliphatic hydroxyl groups is 1. The molecule has 1 saturated heterocycles. The van der Waals surface area contributed by atoms with Crippen LogP contribution in [0.4, 0.5) is 5.82 Å². The van der Waals surface area contributed by atoms with Crippen molar-refractivity contribution in [1.29, 1.82) is 0 Å². The smallest absolute Gasteiger partial charge is 0.130 e. The van der Waals surface area contributed by atoms with E-state index in [2.05, 4.69) is 9.88 Å². The van der Waals surface area contributed by atoms with Gasteiger partial charge in [-0.1, -0.05) is 11.6 Å². The number of hydrogen-bond acceptors (Lipinski definition) is 3. The van der Waals surface area contributed by atoms with Gasteiger partial charge in [0.25, 0.3) is 0 Å². The highest BCUT2D eigenvalue weighted by atomic mass is 35.5. The van der Waals surface area contributed by atoms with Gasteiger partial charge < -0.3 is 10.0 Å². The zero-order valence-electron chi connectivity index (χ0n) is 8.78. The van der Waals surface area contributed by atoms with Crippen LogP contribution in [-0.2, 0) is 0 Å². The zero-order chi connectivity index (χ0) is 10.9. The highest BCUT2D eigenvalue weighted by molar-refractivity contribution is 6.30. The normalized spacial score (nSPS) is 26.7. The van der Waals surface area contributed by atoms with Gasteiger partial charge in [-0.25, -0.2) is 4.98 Å². The van der Waals surface area contributed by atoms with Crippen LogP contribution < -0.4 is 4.90 Å². The van der Waals surface area contributed by atoms with Crippen LogP contribution in [0.1, 0.15) is 19.8 Å². The topological polar surface area (TPSA) is 36.4 Å². The minimum Gasteiger partial charge on any atom is -0.388 e. The molecule has 4 heteroatoms. The molecule has 0 aliphatic carbocycles. The third kappa shape index (κ3) is 2.61. The number of hydrogen-bond donors (Lipinski definition) is 1. The molecule has 1 aliphatic heterocycles. The predicted molar refractivity (Wildman–Crippen MR) is 61.3 cm³/mol. The Morgan fingerprint density at radius 3 is 3.07 bits per heavy atom. The second-order valence-corrected chi connectivity index (χ2v) is 4.79. The van der Waals surface area contributed by atoms with E-state index in [0.717, 1.165) is 25.2 Å². The number of halogens is 1. The quantitative estimate of drug-likeness (QED) is 0.797. The molecule has 0 bridgehead atoms. The monoisotopic (exact) mass is 226 g/mol. The predicted octanol–water partition coefficient (Wildman–Crippen LogP) is 2.09. The van der Waals surface area contributed by atoms with Gasteiger partial charge >= 0.3 is 0 Å². The molecule has 82 valence electrons. The van der Waals surface area contributed by atoms with Gasteiger partial charge in [-0.2, -0.15) is 0 Å². The lowest BCUT2D eigenvalue weighted by Crippen LogP contribution is -2.46. The van der Waals surface area contributed by atoms with Crippen molar-refractivity contribution in [3.63, 3.8) is 0 Å². The van der Waals surface area contributed by atoms with E-state index >= 15 is 0 Å². The van der Waals surface area contributed by atoms with E-state index in [0.29, 0.717) is 11.6 Å². The van der Waals surface area contributed by atoms with Gasteiger partial charge in [-0.15, -0.1) is 0 Å². The van der Waals surface area contributed by atoms with Crippen LogP contribution in [0, 0.1) is 0 Å². The van der Waals surface area contributed by atoms with E-state index in [1.807, 2.05) is 13.0 Å². The third-order valence-corrected chi connectivity index (χ3v) is 2.94. The largest absolute Gasteiger partial charge is 0.388 e. The van der Waals surface area contributed by atoms with E-state index in [9.17, 15) is 5.11 Å². The van der Waals surface area contributed by atoms with Crippen LogP contribution in [0.5, 0.6) is 0 Å². The summed E-state index contributed by atoms with van der Waals surface area (Å²) in [6.07, 6.45) is 3.53. The van der Waals surface area contributed by atoms with E-state index in [1.165, 1.54) is 0 Å². The second kappa shape index (κ2) is 3.99. The van der Waals surface area contributed by atoms with Crippen LogP contribution >= 0.6 is 11.6 Å². The van der Waals surface area contributed by atoms with E-state index < -0.39 is 5.60 Å². The number of β-amino-alcohol motifs (C(OH)–C–C–N with tert-alkyl or cyclic N) is 1. The van der Waals surface area contributed by atoms with Gasteiger partial charge in [0.15, 0.2) is 0 Å². The fourth-order valence-corrected chi connectivity index (χ4v) is 2.14. The van der Waals surface area contributed by atoms with Crippen molar-refractivity contribution >= 4 is 17.4 Å². The van der Waals surface area contributed by atoms with Gasteiger partial charge in [0.2, 0.25) is 0 Å². The molecule has 1 N–H and O–H groups in total. The lowest BCUT2D eigenvalue weighted by Gasteiger charge is -2.37. The average Bonchev–Trinajstić information content (AvgIpc) is 2.16. The van der Waals surface area contributed by atoms with Crippen LogP contribution in [0.15, 0.2) is 18.3 Å². The first-order valence-corrected chi connectivity index (χ1v) is 5.53. The Balaban J connectivity index is 2.17. The van der Waals surface area contributed by atoms with Gasteiger partial charge in [0.05, 0.1) is 5.60 Å². The van der Waals surface area contributed by atoms with Crippen molar-refractivity contribution < 1.29 is 5.11 Å². The molecule has 1 unspecified atom stereocenters. The van der Waals surface area contributed by atoms with Crippen LogP contribution in [0.25, 0.3) is 0 Å². The number of piperidine rings is 1. The molecule has 3 nitrogen and oxygen atoms in total. The molecule has 1 aromatic rings. The summed E-state index contributed by atoms with van der Waals surface area (Å²) in [5.41, 5.74) is -0.609. The lowest BCUT2D eigenvalue weighted by molar-refractivity contribution is 0.0447. The highest BCUT2D eigenvalue weighted by Crippen LogP contribution is 2.25. The Kier molecular flexibility index (Phi) is 2.85. The molecule has 1 aromatic heterocycles. The first-order valence-electron chi connectivity index (χ1n) is 5.16. The van der Waals surface area contributed by atoms with Crippen LogP contribution in [0.2, 0.25) is 5.02 Å². The van der Waals surface area contributed by atoms with Crippen molar-refractivity contribution in [2.24, 2.45) is 0 Å². The van der Waals surface area contributed by atoms with Crippen molar-refractivity contribution in [2.75, 3.05) is 18.0 Å². The Morgan fingerprint density at radius 2 is 2.40 bits per heavy atom. The van der Waals surface area contributed by atoms with Crippen molar-refractivity contribution in [3.8, 4) is 0 Å². The molecule has 0 radical (unpaired) electrons. The number of rotatable bonds is 1. The van der Waals surface area contributed by atoms with Gasteiger partial charge in [-0.05, 0) is 31.9 Å². The highest BCUT2D eigenvalue weighted by Gasteiger charge is 2.28. The third-order valence-electron chi connectivity index (χ3n) is 2.71. The van der Waals surface area contributed by atoms with Crippen molar-refractivity contribution in [3.05, 3.63) is 23.4 Å². The Bertz CT molecular complexity index is 354. The van der Waals surface area contributed by atoms with E-state index in [-0.39, 0.29) is 0 Å². The molecular formula is C11H15ClN2O. The maximum absolute atomic E-state index is 9.97. The van der Waals surface area contributed by atoms with Crippen molar-refractivity contribution in [2.45, 2.75) is 25.4 Å². The molecule has 2 rings (SSSR count). The van der Waals surface area contributed by atoms with Gasteiger partial charge in [0, 0.05) is 24.3 Å². The Labute approximate surface area is 94.7 Å². The molecule has 0 spiro atoms. The summed E-state index contributed by atoms with van der Waals surface area (Å²) in [4.78, 5) is 6.34. The summed E-state index contributed by atoms with van der Waals surface area (Å²) in [6.45, 7) is 3.42. The first-order chi connectivity index (χ1) is 7.07. The Morgan fingerprint density at radius 1 is 1.60 bits per heavy atom. The molecule has 0 saturated carbocycles. The number of pyridine rings is 1. The van der Waals surface area contributed by atoms with E-state index in [4.69, 9.17) is 11.6 Å². The fourth-order valence-electron chi connectivity index (χ4n) is 1.98. The summed E-state index contributed by atoms with van der Waals surface area (Å²) < 4.78 is 0. The van der Waals surface area contributed by atoms with Crippen LogP contribution in [0.3, 0.4) is 0 Å². The Hall–Kier alpha value is -0.800. The fraction of sp³-hybridized carbons (Fsp3) is 0.545. The summed E-state index contributed by atoms with van der Waals surface area (Å²) in [5.74, 6) is 0.850. The standard InChI is InChI=1S/C11H15ClN2O/c1-11(15)4-2-6-14(8-11)10-7-9(12)3-5-13-10/h3,5,7,15H,2,4,6,8H2,1H3. The molecule has 15 heavy (non-hydrogen) atoms. The van der Waals surface area contributed by atoms with Gasteiger partial charge in [0.1, 0.15) is 5.82 Å². The maximum Gasteiger partial charge on any atom is 0.130 e. The summed E-state index contributed by atoms with van der Waals surface area (Å²) in [6, 6.07) is 3.59. The number of nitrogens with zero attached hydrogens (tertiary/aromatic N) is 2. The minimum absolute atomic E-state index is 0.609. The number of aromatic nitrogens is 1. The molecule has 1 fully saturated rings. The average molecular weight is 227 g/mol. The van der Waals surface area contributed by atoms with E-state index in [1.54, 1.807) is 12.3 Å². The van der Waals surface area contributed by atoms with Gasteiger partial charge in [-0.3, -0.25) is 0 Å². The maximum atomic E-state index is 9.97. The minimum atomic E-state index is -0.609. The summed E-state index contributed by atoms with van der Waals surface area (Å²) >= 11 is 5.91. The lowest BCUT2D eigenvalue weighted by atomic mass is 9.95. The first kappa shape index (κ1) is 10.7. The van der Waals surface area contributed by atoms with Crippen LogP contribution in [-0.4, -0.2) is 28.8 Å². The second-order valence-electron chi connectivity index (χ2n) is 4.35. The molecule has 0 amide bonds. The zero-order valence-corrected chi connectivity index (χ0v) is 9.54. The molecule has 1 aliphatic rings. The summed E-state index contributed by atoms with van der Waals surface area (Å²) in [7, 11) is 0. The number of anilines is 1. The summed E-state index contributed by atoms with van der Waals surface area (Å²) in [5, 5.41) is 10.7. The van der Waals surface area contributed by atoms with Crippen molar-refractivity contribution in [1.82, 2.24) is 4.98 Å². The molecule has 0 aromatic carbocycles. The molecular weight excluding hydrogens is 212 g/mol. The SMILES string of the molecule is CC1(O)CCCN(c2cc(Cl)ccn2)C1. The molecule has 2 heterocycles.